The molecular formula is C15H19NO4. The lowest BCUT2D eigenvalue weighted by molar-refractivity contribution is 0.375. The van der Waals surface area contributed by atoms with Crippen LogP contribution in [0.3, 0.4) is 0 Å². The molecule has 0 radical (unpaired) electrons. The van der Waals surface area contributed by atoms with Gasteiger partial charge < -0.3 is 23.9 Å². The van der Waals surface area contributed by atoms with E-state index in [1.807, 2.05) is 19.2 Å². The van der Waals surface area contributed by atoms with Gasteiger partial charge in [0, 0.05) is 12.1 Å². The van der Waals surface area contributed by atoms with Gasteiger partial charge in [-0.15, -0.1) is 0 Å². The highest BCUT2D eigenvalue weighted by molar-refractivity contribution is 5.75. The number of benzene rings is 1. The van der Waals surface area contributed by atoms with Crippen molar-refractivity contribution in [1.29, 1.82) is 0 Å². The molecule has 108 valence electrons. The second kappa shape index (κ2) is 6.34. The molecule has 1 aromatic carbocycles. The number of ether oxygens (including phenoxy) is 3. The van der Waals surface area contributed by atoms with Crippen LogP contribution < -0.4 is 19.5 Å². The smallest absolute Gasteiger partial charge is 0.141 e. The highest BCUT2D eigenvalue weighted by atomic mass is 16.5. The van der Waals surface area contributed by atoms with Crippen molar-refractivity contribution >= 4 is 0 Å². The summed E-state index contributed by atoms with van der Waals surface area (Å²) in [4.78, 5) is 0. The quantitative estimate of drug-likeness (QED) is 0.879. The minimum Gasteiger partial charge on any atom is -0.496 e. The number of methoxy groups -OCH3 is 3. The molecule has 0 unspecified atom stereocenters. The fraction of sp³-hybridized carbons (Fsp3) is 0.333. The van der Waals surface area contributed by atoms with E-state index < -0.39 is 0 Å². The summed E-state index contributed by atoms with van der Waals surface area (Å²) >= 11 is 0. The molecule has 0 amide bonds. The molecule has 0 aliphatic rings. The summed E-state index contributed by atoms with van der Waals surface area (Å²) in [6.45, 7) is 0.667. The molecule has 1 N–H and O–H groups in total. The Kier molecular flexibility index (Phi) is 4.53. The molecule has 0 saturated carbocycles. The van der Waals surface area contributed by atoms with Gasteiger partial charge >= 0.3 is 0 Å². The Labute approximate surface area is 118 Å². The Morgan fingerprint density at radius 2 is 1.65 bits per heavy atom. The molecule has 20 heavy (non-hydrogen) atoms. The molecule has 0 aliphatic carbocycles. The first kappa shape index (κ1) is 14.3. The van der Waals surface area contributed by atoms with Crippen molar-refractivity contribution in [3.63, 3.8) is 0 Å². The van der Waals surface area contributed by atoms with Crippen molar-refractivity contribution in [2.75, 3.05) is 28.4 Å². The Morgan fingerprint density at radius 3 is 2.15 bits per heavy atom. The molecule has 2 rings (SSSR count). The second-order valence-electron chi connectivity index (χ2n) is 4.20. The van der Waals surface area contributed by atoms with Gasteiger partial charge in [0.1, 0.15) is 34.3 Å². The van der Waals surface area contributed by atoms with E-state index in [1.165, 1.54) is 0 Å². The first-order valence-electron chi connectivity index (χ1n) is 6.27. The summed E-state index contributed by atoms with van der Waals surface area (Å²) in [6, 6.07) is 7.44. The van der Waals surface area contributed by atoms with Gasteiger partial charge in [-0.25, -0.2) is 0 Å². The highest BCUT2D eigenvalue weighted by Crippen LogP contribution is 2.42. The van der Waals surface area contributed by atoms with Crippen LogP contribution in [0.5, 0.6) is 17.2 Å². The number of rotatable bonds is 6. The average molecular weight is 277 g/mol. The molecule has 0 spiro atoms. The van der Waals surface area contributed by atoms with E-state index in [2.05, 4.69) is 5.32 Å². The molecule has 5 heteroatoms. The predicted octanol–water partition coefficient (Wildman–Crippen LogP) is 2.69. The number of hydrogen-bond donors (Lipinski definition) is 1. The van der Waals surface area contributed by atoms with Crippen LogP contribution in [-0.2, 0) is 6.54 Å². The molecule has 5 nitrogen and oxygen atoms in total. The summed E-state index contributed by atoms with van der Waals surface area (Å²) in [5, 5.41) is 3.05. The number of nitrogens with one attached hydrogen (secondary N) is 1. The molecule has 0 saturated heterocycles. The zero-order chi connectivity index (χ0) is 14.5. The molecule has 0 bridgehead atoms. The summed E-state index contributed by atoms with van der Waals surface area (Å²) < 4.78 is 21.9. The summed E-state index contributed by atoms with van der Waals surface area (Å²) in [5.74, 6) is 3.51. The van der Waals surface area contributed by atoms with Crippen molar-refractivity contribution in [1.82, 2.24) is 5.32 Å². The third-order valence-electron chi connectivity index (χ3n) is 2.97. The maximum atomic E-state index is 5.81. The maximum absolute atomic E-state index is 5.81. The third kappa shape index (κ3) is 2.72. The Hall–Kier alpha value is -2.14. The fourth-order valence-electron chi connectivity index (χ4n) is 2.03. The minimum absolute atomic E-state index is 0.645. The van der Waals surface area contributed by atoms with E-state index in [0.29, 0.717) is 29.6 Å². The largest absolute Gasteiger partial charge is 0.496 e. The predicted molar refractivity (Wildman–Crippen MR) is 76.6 cm³/mol. The molecule has 1 aromatic heterocycles. The van der Waals surface area contributed by atoms with Gasteiger partial charge in [-0.2, -0.15) is 0 Å². The minimum atomic E-state index is 0.645. The van der Waals surface area contributed by atoms with Gasteiger partial charge in [-0.3, -0.25) is 0 Å². The normalized spacial score (nSPS) is 10.4. The molecule has 0 aliphatic heterocycles. The van der Waals surface area contributed by atoms with Gasteiger partial charge in [-0.05, 0) is 19.2 Å². The summed E-state index contributed by atoms with van der Waals surface area (Å²) in [7, 11) is 6.69. The first-order valence-corrected chi connectivity index (χ1v) is 6.27. The zero-order valence-corrected chi connectivity index (χ0v) is 12.1. The second-order valence-corrected chi connectivity index (χ2v) is 4.20. The summed E-state index contributed by atoms with van der Waals surface area (Å²) in [5.41, 5.74) is 0.776. The van der Waals surface area contributed by atoms with Gasteiger partial charge in [0.15, 0.2) is 0 Å². The van der Waals surface area contributed by atoms with E-state index in [0.717, 1.165) is 11.3 Å². The van der Waals surface area contributed by atoms with Crippen LogP contribution in [0, 0.1) is 0 Å². The van der Waals surface area contributed by atoms with E-state index in [-0.39, 0.29) is 0 Å². The van der Waals surface area contributed by atoms with Crippen LogP contribution in [0.4, 0.5) is 0 Å². The third-order valence-corrected chi connectivity index (χ3v) is 2.97. The van der Waals surface area contributed by atoms with Crippen LogP contribution in [0.1, 0.15) is 5.76 Å². The van der Waals surface area contributed by atoms with Crippen molar-refractivity contribution in [3.05, 3.63) is 30.0 Å². The topological polar surface area (TPSA) is 52.9 Å². The fourth-order valence-corrected chi connectivity index (χ4v) is 2.03. The Balaban J connectivity index is 2.52. The monoisotopic (exact) mass is 277 g/mol. The van der Waals surface area contributed by atoms with Gasteiger partial charge in [0.05, 0.1) is 27.9 Å². The SMILES string of the molecule is CNCc1ccc(-c2c(OC)cc(OC)cc2OC)o1. The van der Waals surface area contributed by atoms with Gasteiger partial charge in [0.25, 0.3) is 0 Å². The molecule has 1 heterocycles. The number of furan rings is 1. The van der Waals surface area contributed by atoms with Crippen molar-refractivity contribution in [2.45, 2.75) is 6.54 Å². The van der Waals surface area contributed by atoms with E-state index in [9.17, 15) is 0 Å². The standard InChI is InChI=1S/C15H19NO4/c1-16-9-10-5-6-12(20-10)15-13(18-3)7-11(17-2)8-14(15)19-4/h5-8,16H,9H2,1-4H3. The van der Waals surface area contributed by atoms with Crippen LogP contribution in [-0.4, -0.2) is 28.4 Å². The van der Waals surface area contributed by atoms with E-state index in [4.69, 9.17) is 18.6 Å². The molecule has 0 fully saturated rings. The van der Waals surface area contributed by atoms with Crippen LogP contribution in [0.25, 0.3) is 11.3 Å². The lowest BCUT2D eigenvalue weighted by Gasteiger charge is -2.13. The van der Waals surface area contributed by atoms with Crippen molar-refractivity contribution < 1.29 is 18.6 Å². The molecular weight excluding hydrogens is 258 g/mol. The van der Waals surface area contributed by atoms with Crippen LogP contribution >= 0.6 is 0 Å². The molecule has 2 aromatic rings. The van der Waals surface area contributed by atoms with Crippen molar-refractivity contribution in [3.8, 4) is 28.6 Å². The zero-order valence-electron chi connectivity index (χ0n) is 12.1. The Morgan fingerprint density at radius 1 is 1.00 bits per heavy atom. The van der Waals surface area contributed by atoms with Crippen molar-refractivity contribution in [2.24, 2.45) is 0 Å². The van der Waals surface area contributed by atoms with Crippen LogP contribution in [0.2, 0.25) is 0 Å². The summed E-state index contributed by atoms with van der Waals surface area (Å²) in [6.07, 6.45) is 0. The maximum Gasteiger partial charge on any atom is 0.141 e. The number of hydrogen-bond acceptors (Lipinski definition) is 5. The molecule has 0 atom stereocenters. The van der Waals surface area contributed by atoms with Gasteiger partial charge in [0.2, 0.25) is 0 Å². The average Bonchev–Trinajstić information content (AvgIpc) is 2.94. The Bertz CT molecular complexity index is 552. The van der Waals surface area contributed by atoms with E-state index >= 15 is 0 Å². The first-order chi connectivity index (χ1) is 9.73. The van der Waals surface area contributed by atoms with E-state index in [1.54, 1.807) is 33.5 Å². The lowest BCUT2D eigenvalue weighted by atomic mass is 10.1. The van der Waals surface area contributed by atoms with Gasteiger partial charge in [-0.1, -0.05) is 0 Å². The lowest BCUT2D eigenvalue weighted by Crippen LogP contribution is -2.03. The van der Waals surface area contributed by atoms with Crippen LogP contribution in [0.15, 0.2) is 28.7 Å². The highest BCUT2D eigenvalue weighted by Gasteiger charge is 2.18.